The Morgan fingerprint density at radius 1 is 1.20 bits per heavy atom. The van der Waals surface area contributed by atoms with Crippen molar-refractivity contribution in [3.05, 3.63) is 35.2 Å². The van der Waals surface area contributed by atoms with Crippen LogP contribution in [0.5, 0.6) is 0 Å². The van der Waals surface area contributed by atoms with Gasteiger partial charge in [0.15, 0.2) is 6.29 Å². The lowest BCUT2D eigenvalue weighted by atomic mass is 10.2. The minimum absolute atomic E-state index is 0.567. The minimum Gasteiger partial charge on any atom is -0.463 e. The van der Waals surface area contributed by atoms with Gasteiger partial charge in [0, 0.05) is 11.6 Å². The summed E-state index contributed by atoms with van der Waals surface area (Å²) in [5.74, 6) is -1.36. The maximum absolute atomic E-state index is 10.4. The quantitative estimate of drug-likeness (QED) is 0.483. The first kappa shape index (κ1) is 18.0. The molecule has 2 rings (SSSR count). The Bertz CT molecular complexity index is 539. The number of ketones is 1. The molecule has 1 aromatic carbocycles. The van der Waals surface area contributed by atoms with Crippen molar-refractivity contribution < 1.29 is 19.1 Å². The fraction of sp³-hybridized carbons (Fsp3) is 0.267. The Hall–Kier alpha value is -2.01. The second kappa shape index (κ2) is 9.86. The predicted octanol–water partition coefficient (Wildman–Crippen LogP) is 3.49. The van der Waals surface area contributed by atoms with Crippen molar-refractivity contribution in [3.8, 4) is 0 Å². The number of thiophene rings is 1. The first-order valence-corrected chi connectivity index (χ1v) is 6.92. The van der Waals surface area contributed by atoms with Gasteiger partial charge < -0.3 is 4.74 Å². The average Bonchev–Trinajstić information content (AvgIpc) is 2.92. The van der Waals surface area contributed by atoms with Gasteiger partial charge in [0.2, 0.25) is 5.78 Å². The highest BCUT2D eigenvalue weighted by atomic mass is 32.1. The number of ether oxygens (including phenoxy) is 1. The summed E-state index contributed by atoms with van der Waals surface area (Å²) in [7, 11) is 1.17. The van der Waals surface area contributed by atoms with Crippen LogP contribution in [0.25, 0.3) is 10.1 Å². The number of esters is 1. The summed E-state index contributed by atoms with van der Waals surface area (Å²) in [6.45, 7) is 5.16. The predicted molar refractivity (Wildman–Crippen MR) is 81.3 cm³/mol. The van der Waals surface area contributed by atoms with Crippen LogP contribution < -0.4 is 0 Å². The normalized spacial score (nSPS) is 8.60. The molecule has 0 amide bonds. The largest absolute Gasteiger partial charge is 0.463 e. The standard InChI is InChI=1S/C9H6OS.C4H6O3.C2H6/c10-6-8-5-7-3-1-2-4-9(7)11-8;1-3(5)4(6)7-2;1-2/h1-6H;1-2H3;1-2H3. The molecule has 0 saturated carbocycles. The van der Waals surface area contributed by atoms with E-state index in [0.717, 1.165) is 23.5 Å². The smallest absolute Gasteiger partial charge is 0.374 e. The third kappa shape index (κ3) is 5.75. The van der Waals surface area contributed by atoms with E-state index in [4.69, 9.17) is 0 Å². The first-order valence-electron chi connectivity index (χ1n) is 6.11. The molecular formula is C15H18O4S. The number of benzene rings is 1. The first-order chi connectivity index (χ1) is 9.58. The third-order valence-electron chi connectivity index (χ3n) is 2.03. The van der Waals surface area contributed by atoms with Crippen LogP contribution in [0.4, 0.5) is 0 Å². The highest BCUT2D eigenvalue weighted by Gasteiger charge is 2.03. The molecule has 0 fully saturated rings. The van der Waals surface area contributed by atoms with Crippen molar-refractivity contribution in [2.24, 2.45) is 0 Å². The second-order valence-corrected chi connectivity index (χ2v) is 4.47. The molecule has 1 aromatic heterocycles. The Labute approximate surface area is 122 Å². The van der Waals surface area contributed by atoms with E-state index in [9.17, 15) is 14.4 Å². The lowest BCUT2D eigenvalue weighted by Crippen LogP contribution is -2.10. The number of carbonyl (C=O) groups is 3. The van der Waals surface area contributed by atoms with Gasteiger partial charge in [-0.15, -0.1) is 11.3 Å². The monoisotopic (exact) mass is 294 g/mol. The van der Waals surface area contributed by atoms with E-state index >= 15 is 0 Å². The Kier molecular flexibility index (Phi) is 8.87. The van der Waals surface area contributed by atoms with Gasteiger partial charge in [-0.25, -0.2) is 4.79 Å². The van der Waals surface area contributed by atoms with Crippen LogP contribution in [0, 0.1) is 0 Å². The second-order valence-electron chi connectivity index (χ2n) is 3.35. The molecule has 0 aliphatic carbocycles. The van der Waals surface area contributed by atoms with Gasteiger partial charge in [0.1, 0.15) is 0 Å². The maximum Gasteiger partial charge on any atom is 0.374 e. The topological polar surface area (TPSA) is 60.4 Å². The number of aldehydes is 1. The summed E-state index contributed by atoms with van der Waals surface area (Å²) >= 11 is 1.53. The van der Waals surface area contributed by atoms with Crippen LogP contribution in [0.1, 0.15) is 30.4 Å². The van der Waals surface area contributed by atoms with Gasteiger partial charge in [0.05, 0.1) is 12.0 Å². The van der Waals surface area contributed by atoms with E-state index in [-0.39, 0.29) is 0 Å². The summed E-state index contributed by atoms with van der Waals surface area (Å²) in [4.78, 5) is 31.0. The van der Waals surface area contributed by atoms with Crippen LogP contribution in [0.2, 0.25) is 0 Å². The molecule has 1 heterocycles. The van der Waals surface area contributed by atoms with E-state index in [2.05, 4.69) is 4.74 Å². The highest BCUT2D eigenvalue weighted by molar-refractivity contribution is 7.20. The molecule has 4 nitrogen and oxygen atoms in total. The number of hydrogen-bond donors (Lipinski definition) is 0. The van der Waals surface area contributed by atoms with Gasteiger partial charge in [-0.2, -0.15) is 0 Å². The van der Waals surface area contributed by atoms with E-state index < -0.39 is 11.8 Å². The third-order valence-corrected chi connectivity index (χ3v) is 3.08. The van der Waals surface area contributed by atoms with Crippen molar-refractivity contribution in [1.29, 1.82) is 0 Å². The molecule has 0 aliphatic heterocycles. The van der Waals surface area contributed by atoms with Crippen LogP contribution in [0.3, 0.4) is 0 Å². The summed E-state index contributed by atoms with van der Waals surface area (Å²) in [6.07, 6.45) is 0.894. The van der Waals surface area contributed by atoms with Crippen LogP contribution in [-0.2, 0) is 14.3 Å². The lowest BCUT2D eigenvalue weighted by molar-refractivity contribution is -0.150. The molecular weight excluding hydrogens is 276 g/mol. The lowest BCUT2D eigenvalue weighted by Gasteiger charge is -1.86. The van der Waals surface area contributed by atoms with Crippen LogP contribution >= 0.6 is 11.3 Å². The fourth-order valence-corrected chi connectivity index (χ4v) is 2.08. The molecule has 0 spiro atoms. The SMILES string of the molecule is CC.COC(=O)C(C)=O.O=Cc1cc2ccccc2s1. The van der Waals surface area contributed by atoms with Gasteiger partial charge in [-0.05, 0) is 17.5 Å². The van der Waals surface area contributed by atoms with E-state index in [1.807, 2.05) is 44.2 Å². The zero-order valence-electron chi connectivity index (χ0n) is 12.0. The number of Topliss-reactive ketones (excluding diaryl/α,β-unsaturated/α-hetero) is 1. The number of carbonyl (C=O) groups excluding carboxylic acids is 3. The van der Waals surface area contributed by atoms with Crippen molar-refractivity contribution in [2.45, 2.75) is 20.8 Å². The Morgan fingerprint density at radius 3 is 2.20 bits per heavy atom. The fourth-order valence-electron chi connectivity index (χ4n) is 1.20. The number of fused-ring (bicyclic) bond motifs is 1. The molecule has 0 unspecified atom stereocenters. The minimum atomic E-state index is -0.792. The number of methoxy groups -OCH3 is 1. The summed E-state index contributed by atoms with van der Waals surface area (Å²) in [6, 6.07) is 9.90. The van der Waals surface area contributed by atoms with Gasteiger partial charge in [-0.1, -0.05) is 32.0 Å². The van der Waals surface area contributed by atoms with Crippen molar-refractivity contribution >= 4 is 39.5 Å². The van der Waals surface area contributed by atoms with Crippen molar-refractivity contribution in [2.75, 3.05) is 7.11 Å². The molecule has 0 aliphatic rings. The molecule has 0 atom stereocenters. The van der Waals surface area contributed by atoms with Crippen molar-refractivity contribution in [3.63, 3.8) is 0 Å². The van der Waals surface area contributed by atoms with Crippen LogP contribution in [-0.4, -0.2) is 25.1 Å². The van der Waals surface area contributed by atoms with Gasteiger partial charge >= 0.3 is 5.97 Å². The average molecular weight is 294 g/mol. The summed E-state index contributed by atoms with van der Waals surface area (Å²) in [5.41, 5.74) is 0. The van der Waals surface area contributed by atoms with E-state index in [1.165, 1.54) is 23.1 Å². The Balaban J connectivity index is 0.000000352. The number of hydrogen-bond acceptors (Lipinski definition) is 5. The van der Waals surface area contributed by atoms with Crippen molar-refractivity contribution in [1.82, 2.24) is 0 Å². The summed E-state index contributed by atoms with van der Waals surface area (Å²) in [5, 5.41) is 1.15. The number of rotatable bonds is 2. The molecule has 0 N–H and O–H groups in total. The van der Waals surface area contributed by atoms with E-state index in [0.29, 0.717) is 0 Å². The Morgan fingerprint density at radius 2 is 1.80 bits per heavy atom. The zero-order valence-corrected chi connectivity index (χ0v) is 12.8. The van der Waals surface area contributed by atoms with Crippen LogP contribution in [0.15, 0.2) is 30.3 Å². The molecule has 2 aromatic rings. The highest BCUT2D eigenvalue weighted by Crippen LogP contribution is 2.23. The molecule has 0 bridgehead atoms. The molecule has 5 heteroatoms. The zero-order chi connectivity index (χ0) is 15.5. The van der Waals surface area contributed by atoms with E-state index in [1.54, 1.807) is 0 Å². The molecule has 0 saturated heterocycles. The molecule has 108 valence electrons. The van der Waals surface area contributed by atoms with Gasteiger partial charge in [0.25, 0.3) is 0 Å². The molecule has 20 heavy (non-hydrogen) atoms. The summed E-state index contributed by atoms with van der Waals surface area (Å²) < 4.78 is 5.20. The maximum atomic E-state index is 10.4. The molecule has 0 radical (unpaired) electrons. The van der Waals surface area contributed by atoms with Gasteiger partial charge in [-0.3, -0.25) is 9.59 Å².